The molecule has 0 aliphatic rings. The molecule has 0 bridgehead atoms. The lowest BCUT2D eigenvalue weighted by Crippen LogP contribution is -2.47. The molecule has 0 spiro atoms. The molecule has 0 aliphatic heterocycles. The van der Waals surface area contributed by atoms with E-state index in [2.05, 4.69) is 20.7 Å². The van der Waals surface area contributed by atoms with Crippen molar-refractivity contribution in [3.63, 3.8) is 0 Å². The van der Waals surface area contributed by atoms with Gasteiger partial charge in [0.1, 0.15) is 18.7 Å². The van der Waals surface area contributed by atoms with Crippen molar-refractivity contribution in [3.8, 4) is 0 Å². The lowest BCUT2D eigenvalue weighted by atomic mass is 10.0. The Bertz CT molecular complexity index is 1160. The average molecular weight is 440 g/mol. The molecule has 1 heterocycles. The molecule has 7 heteroatoms. The highest BCUT2D eigenvalue weighted by atomic mass is 16.2. The maximum absolute atomic E-state index is 13.0. The molecule has 1 unspecified atom stereocenters. The van der Waals surface area contributed by atoms with E-state index in [0.717, 1.165) is 16.7 Å². The lowest BCUT2D eigenvalue weighted by Gasteiger charge is -2.19. The van der Waals surface area contributed by atoms with Gasteiger partial charge in [0.25, 0.3) is 5.91 Å². The average Bonchev–Trinajstić information content (AvgIpc) is 3.37. The topological polar surface area (TPSA) is 88.9 Å². The van der Waals surface area contributed by atoms with Crippen LogP contribution in [0.25, 0.3) is 0 Å². The van der Waals surface area contributed by atoms with Gasteiger partial charge >= 0.3 is 0 Å². The van der Waals surface area contributed by atoms with Crippen LogP contribution >= 0.6 is 0 Å². The predicted molar refractivity (Wildman–Crippen MR) is 125 cm³/mol. The molecule has 7 nitrogen and oxygen atoms in total. The van der Waals surface area contributed by atoms with E-state index in [1.807, 2.05) is 60.7 Å². The minimum atomic E-state index is -0.688. The second-order valence-corrected chi connectivity index (χ2v) is 7.71. The number of amides is 2. The zero-order valence-electron chi connectivity index (χ0n) is 18.1. The monoisotopic (exact) mass is 439 g/mol. The zero-order chi connectivity index (χ0) is 22.9. The molecule has 4 aromatic rings. The molecule has 3 aromatic carbocycles. The fourth-order valence-electron chi connectivity index (χ4n) is 3.47. The van der Waals surface area contributed by atoms with Gasteiger partial charge in [0.05, 0.1) is 6.54 Å². The molecule has 2 N–H and O–H groups in total. The Labute approximate surface area is 192 Å². The molecule has 1 aromatic heterocycles. The maximum Gasteiger partial charge on any atom is 0.251 e. The molecule has 2 amide bonds. The van der Waals surface area contributed by atoms with Crippen LogP contribution in [0.1, 0.15) is 27.0 Å². The number of nitrogens with zero attached hydrogens (tertiary/aromatic N) is 3. The van der Waals surface area contributed by atoms with Crippen molar-refractivity contribution >= 4 is 11.8 Å². The summed E-state index contributed by atoms with van der Waals surface area (Å²) < 4.78 is 1.75. The molecule has 0 fully saturated rings. The number of carbonyl (C=O) groups is 2. The van der Waals surface area contributed by atoms with Crippen LogP contribution in [0.4, 0.5) is 0 Å². The number of carbonyl (C=O) groups excluding carboxylic acids is 2. The summed E-state index contributed by atoms with van der Waals surface area (Å²) >= 11 is 0. The first-order chi connectivity index (χ1) is 16.2. The lowest BCUT2D eigenvalue weighted by molar-refractivity contribution is -0.123. The quantitative estimate of drug-likeness (QED) is 0.420. The number of nitrogens with one attached hydrogen (secondary N) is 2. The van der Waals surface area contributed by atoms with Crippen molar-refractivity contribution in [3.05, 3.63) is 120 Å². The van der Waals surface area contributed by atoms with Crippen molar-refractivity contribution in [2.45, 2.75) is 25.6 Å². The molecule has 0 radical (unpaired) electrons. The number of aromatic nitrogens is 3. The third kappa shape index (κ3) is 6.36. The van der Waals surface area contributed by atoms with Crippen LogP contribution in [0.15, 0.2) is 97.6 Å². The van der Waals surface area contributed by atoms with Gasteiger partial charge in [0, 0.05) is 18.5 Å². The van der Waals surface area contributed by atoms with E-state index in [-0.39, 0.29) is 11.8 Å². The molecular weight excluding hydrogens is 414 g/mol. The van der Waals surface area contributed by atoms with Gasteiger partial charge in [0.2, 0.25) is 5.91 Å². The van der Waals surface area contributed by atoms with Crippen LogP contribution in [0.3, 0.4) is 0 Å². The summed E-state index contributed by atoms with van der Waals surface area (Å²) in [6.45, 7) is 1.01. The van der Waals surface area contributed by atoms with E-state index < -0.39 is 6.04 Å². The van der Waals surface area contributed by atoms with Crippen LogP contribution in [0, 0.1) is 0 Å². The molecule has 0 saturated carbocycles. The van der Waals surface area contributed by atoms with Gasteiger partial charge in [-0.15, -0.1) is 0 Å². The number of benzene rings is 3. The van der Waals surface area contributed by atoms with E-state index in [4.69, 9.17) is 0 Å². The largest absolute Gasteiger partial charge is 0.350 e. The van der Waals surface area contributed by atoms with Crippen LogP contribution in [-0.2, 0) is 24.3 Å². The summed E-state index contributed by atoms with van der Waals surface area (Å²) in [6.07, 6.45) is 3.58. The van der Waals surface area contributed by atoms with Gasteiger partial charge in [-0.3, -0.25) is 9.59 Å². The summed E-state index contributed by atoms with van der Waals surface area (Å²) in [5.74, 6) is -0.501. The summed E-state index contributed by atoms with van der Waals surface area (Å²) in [5.41, 5.74) is 3.56. The van der Waals surface area contributed by atoms with Crippen molar-refractivity contribution < 1.29 is 9.59 Å². The highest BCUT2D eigenvalue weighted by Crippen LogP contribution is 2.08. The summed E-state index contributed by atoms with van der Waals surface area (Å²) in [4.78, 5) is 29.7. The SMILES string of the molecule is O=C(NC(Cc1ccccc1)C(=O)NCc1ccc(Cn2cncn2)cc1)c1ccccc1. The fraction of sp³-hybridized carbons (Fsp3) is 0.154. The Kier molecular flexibility index (Phi) is 7.22. The Morgan fingerprint density at radius 2 is 1.48 bits per heavy atom. The first kappa shape index (κ1) is 22.0. The minimum absolute atomic E-state index is 0.227. The molecular formula is C26H25N5O2. The predicted octanol–water partition coefficient (Wildman–Crippen LogP) is 2.98. The number of rotatable bonds is 9. The maximum atomic E-state index is 13.0. The van der Waals surface area contributed by atoms with Crippen molar-refractivity contribution in [1.82, 2.24) is 25.4 Å². The fourth-order valence-corrected chi connectivity index (χ4v) is 3.47. The molecule has 166 valence electrons. The molecule has 4 rings (SSSR count). The zero-order valence-corrected chi connectivity index (χ0v) is 18.1. The second-order valence-electron chi connectivity index (χ2n) is 7.71. The first-order valence-electron chi connectivity index (χ1n) is 10.7. The Hall–Kier alpha value is -4.26. The third-order valence-corrected chi connectivity index (χ3v) is 5.24. The molecule has 0 aliphatic carbocycles. The number of hydrogen-bond donors (Lipinski definition) is 2. The van der Waals surface area contributed by atoms with Crippen molar-refractivity contribution in [1.29, 1.82) is 0 Å². The van der Waals surface area contributed by atoms with Crippen LogP contribution in [-0.4, -0.2) is 32.6 Å². The third-order valence-electron chi connectivity index (χ3n) is 5.24. The van der Waals surface area contributed by atoms with Gasteiger partial charge in [-0.05, 0) is 28.8 Å². The van der Waals surface area contributed by atoms with Gasteiger partial charge in [-0.1, -0.05) is 72.8 Å². The highest BCUT2D eigenvalue weighted by Gasteiger charge is 2.21. The van der Waals surface area contributed by atoms with Gasteiger partial charge in [-0.25, -0.2) is 9.67 Å². The van der Waals surface area contributed by atoms with E-state index in [1.165, 1.54) is 6.33 Å². The van der Waals surface area contributed by atoms with E-state index in [9.17, 15) is 9.59 Å². The second kappa shape index (κ2) is 10.9. The first-order valence-corrected chi connectivity index (χ1v) is 10.7. The summed E-state index contributed by atoms with van der Waals surface area (Å²) in [6, 6.07) is 25.8. The molecule has 0 saturated heterocycles. The van der Waals surface area contributed by atoms with E-state index >= 15 is 0 Å². The van der Waals surface area contributed by atoms with Gasteiger partial charge in [-0.2, -0.15) is 5.10 Å². The normalized spacial score (nSPS) is 11.5. The summed E-state index contributed by atoms with van der Waals surface area (Å²) in [7, 11) is 0. The molecule has 33 heavy (non-hydrogen) atoms. The van der Waals surface area contributed by atoms with Crippen molar-refractivity contribution in [2.75, 3.05) is 0 Å². The highest BCUT2D eigenvalue weighted by molar-refractivity contribution is 5.97. The van der Waals surface area contributed by atoms with E-state index in [1.54, 1.807) is 35.3 Å². The number of hydrogen-bond acceptors (Lipinski definition) is 4. The standard InChI is InChI=1S/C26H25N5O2/c32-25(23-9-5-2-6-10-23)30-24(15-20-7-3-1-4-8-20)26(33)28-16-21-11-13-22(14-12-21)17-31-19-27-18-29-31/h1-14,18-19,24H,15-17H2,(H,28,33)(H,30,32). The smallest absolute Gasteiger partial charge is 0.251 e. The Balaban J connectivity index is 1.39. The van der Waals surface area contributed by atoms with Crippen molar-refractivity contribution in [2.24, 2.45) is 0 Å². The summed E-state index contributed by atoms with van der Waals surface area (Å²) in [5, 5.41) is 9.95. The molecule has 1 atom stereocenters. The van der Waals surface area contributed by atoms with E-state index in [0.29, 0.717) is 25.1 Å². The minimum Gasteiger partial charge on any atom is -0.350 e. The van der Waals surface area contributed by atoms with Crippen LogP contribution in [0.2, 0.25) is 0 Å². The van der Waals surface area contributed by atoms with Crippen LogP contribution < -0.4 is 10.6 Å². The van der Waals surface area contributed by atoms with Gasteiger partial charge in [0.15, 0.2) is 0 Å². The Morgan fingerprint density at radius 1 is 0.818 bits per heavy atom. The van der Waals surface area contributed by atoms with Crippen LogP contribution in [0.5, 0.6) is 0 Å². The Morgan fingerprint density at radius 3 is 2.15 bits per heavy atom. The van der Waals surface area contributed by atoms with Gasteiger partial charge < -0.3 is 10.6 Å².